The minimum absolute atomic E-state index is 0.135. The topological polar surface area (TPSA) is 64.2 Å². The molecular formula is C19H17FN2O3. The van der Waals surface area contributed by atoms with Crippen molar-refractivity contribution in [2.75, 3.05) is 6.54 Å². The fourth-order valence-electron chi connectivity index (χ4n) is 2.40. The number of rotatable bonds is 6. The highest BCUT2D eigenvalue weighted by Gasteiger charge is 2.11. The van der Waals surface area contributed by atoms with Gasteiger partial charge in [-0.15, -0.1) is 0 Å². The first-order chi connectivity index (χ1) is 12.1. The maximum absolute atomic E-state index is 12.8. The summed E-state index contributed by atoms with van der Waals surface area (Å²) in [6.07, 6.45) is 2.26. The van der Waals surface area contributed by atoms with Crippen LogP contribution >= 0.6 is 0 Å². The Hall–Kier alpha value is -3.15. The molecule has 1 N–H and O–H groups in total. The smallest absolute Gasteiger partial charge is 0.287 e. The summed E-state index contributed by atoms with van der Waals surface area (Å²) in [6.45, 7) is 0.682. The van der Waals surface area contributed by atoms with Crippen molar-refractivity contribution in [1.82, 2.24) is 9.88 Å². The first-order valence-corrected chi connectivity index (χ1v) is 7.88. The number of carbonyl (C=O) groups excluding carboxylic acids is 1. The van der Waals surface area contributed by atoms with Gasteiger partial charge in [0.15, 0.2) is 5.76 Å². The Morgan fingerprint density at radius 3 is 2.64 bits per heavy atom. The molecule has 0 aliphatic heterocycles. The van der Waals surface area contributed by atoms with Gasteiger partial charge in [-0.1, -0.05) is 18.2 Å². The Balaban J connectivity index is 1.54. The Morgan fingerprint density at radius 1 is 1.08 bits per heavy atom. The molecule has 0 bridgehead atoms. The monoisotopic (exact) mass is 340 g/mol. The lowest BCUT2D eigenvalue weighted by atomic mass is 10.1. The van der Waals surface area contributed by atoms with Gasteiger partial charge in [0.25, 0.3) is 11.5 Å². The van der Waals surface area contributed by atoms with Crippen LogP contribution in [0.25, 0.3) is 0 Å². The Labute approximate surface area is 143 Å². The van der Waals surface area contributed by atoms with E-state index in [9.17, 15) is 14.0 Å². The molecule has 0 unspecified atom stereocenters. The molecule has 3 aromatic rings. The van der Waals surface area contributed by atoms with Gasteiger partial charge in [-0.05, 0) is 42.3 Å². The average molecular weight is 340 g/mol. The van der Waals surface area contributed by atoms with Crippen molar-refractivity contribution in [3.63, 3.8) is 0 Å². The van der Waals surface area contributed by atoms with Crippen LogP contribution in [0.4, 0.5) is 4.39 Å². The maximum Gasteiger partial charge on any atom is 0.287 e. The maximum atomic E-state index is 12.8. The molecule has 1 aromatic carbocycles. The molecule has 5 nitrogen and oxygen atoms in total. The van der Waals surface area contributed by atoms with Crippen LogP contribution in [0.5, 0.6) is 0 Å². The van der Waals surface area contributed by atoms with E-state index in [2.05, 4.69) is 5.32 Å². The van der Waals surface area contributed by atoms with Gasteiger partial charge in [-0.2, -0.15) is 0 Å². The van der Waals surface area contributed by atoms with Gasteiger partial charge in [-0.25, -0.2) is 4.39 Å². The number of hydrogen-bond donors (Lipinski definition) is 1. The second-order valence-corrected chi connectivity index (χ2v) is 5.57. The lowest BCUT2D eigenvalue weighted by Crippen LogP contribution is -2.25. The number of nitrogens with one attached hydrogen (secondary N) is 1. The first-order valence-electron chi connectivity index (χ1n) is 7.88. The lowest BCUT2D eigenvalue weighted by molar-refractivity contribution is 0.0924. The fourth-order valence-corrected chi connectivity index (χ4v) is 2.40. The summed E-state index contributed by atoms with van der Waals surface area (Å²) in [5, 5.41) is 2.76. The molecule has 1 amide bonds. The molecule has 2 heterocycles. The van der Waals surface area contributed by atoms with Gasteiger partial charge in [0, 0.05) is 18.8 Å². The number of aromatic nitrogens is 1. The third-order valence-corrected chi connectivity index (χ3v) is 3.72. The molecule has 0 saturated heterocycles. The molecule has 0 saturated carbocycles. The van der Waals surface area contributed by atoms with Crippen molar-refractivity contribution < 1.29 is 13.6 Å². The zero-order chi connectivity index (χ0) is 17.6. The number of benzene rings is 1. The molecule has 128 valence electrons. The van der Waals surface area contributed by atoms with Crippen molar-refractivity contribution in [1.29, 1.82) is 0 Å². The standard InChI is InChI=1S/C19H17FN2O3/c20-15-6-4-14(5-7-15)10-11-21-19(24)17-9-8-16(25-17)13-22-12-2-1-3-18(22)23/h1-9,12H,10-11,13H2,(H,21,24). The minimum atomic E-state index is -0.325. The van der Waals surface area contributed by atoms with Crippen molar-refractivity contribution in [3.8, 4) is 0 Å². The second kappa shape index (κ2) is 7.61. The van der Waals surface area contributed by atoms with E-state index in [1.807, 2.05) is 0 Å². The van der Waals surface area contributed by atoms with E-state index < -0.39 is 0 Å². The van der Waals surface area contributed by atoms with Crippen LogP contribution < -0.4 is 10.9 Å². The van der Waals surface area contributed by atoms with Crippen molar-refractivity contribution in [2.24, 2.45) is 0 Å². The summed E-state index contributed by atoms with van der Waals surface area (Å²) in [7, 11) is 0. The predicted octanol–water partition coefficient (Wildman–Crippen LogP) is 2.60. The van der Waals surface area contributed by atoms with Gasteiger partial charge in [0.1, 0.15) is 11.6 Å². The molecule has 0 fully saturated rings. The molecule has 6 heteroatoms. The summed E-state index contributed by atoms with van der Waals surface area (Å²) in [6, 6.07) is 14.3. The van der Waals surface area contributed by atoms with Gasteiger partial charge in [-0.3, -0.25) is 9.59 Å². The molecule has 0 spiro atoms. The Bertz CT molecular complexity index is 913. The van der Waals surface area contributed by atoms with Gasteiger partial charge in [0.05, 0.1) is 6.54 Å². The highest BCUT2D eigenvalue weighted by molar-refractivity contribution is 5.91. The van der Waals surface area contributed by atoms with E-state index in [0.29, 0.717) is 18.7 Å². The number of amides is 1. The molecule has 3 rings (SSSR count). The normalized spacial score (nSPS) is 10.6. The van der Waals surface area contributed by atoms with Crippen LogP contribution in [0, 0.1) is 5.82 Å². The van der Waals surface area contributed by atoms with E-state index in [1.54, 1.807) is 42.6 Å². The van der Waals surface area contributed by atoms with Gasteiger partial charge < -0.3 is 14.3 Å². The SMILES string of the molecule is O=C(NCCc1ccc(F)cc1)c1ccc(Cn2ccccc2=O)o1. The average Bonchev–Trinajstić information content (AvgIpc) is 3.07. The number of halogens is 1. The molecule has 0 atom stereocenters. The van der Waals surface area contributed by atoms with Crippen LogP contribution in [-0.4, -0.2) is 17.0 Å². The molecule has 25 heavy (non-hydrogen) atoms. The number of nitrogens with zero attached hydrogens (tertiary/aromatic N) is 1. The van der Waals surface area contributed by atoms with Gasteiger partial charge in [0.2, 0.25) is 0 Å². The number of furan rings is 1. The molecule has 0 aliphatic rings. The predicted molar refractivity (Wildman–Crippen MR) is 90.9 cm³/mol. The van der Waals surface area contributed by atoms with Crippen LogP contribution in [-0.2, 0) is 13.0 Å². The molecule has 0 radical (unpaired) electrons. The zero-order valence-electron chi connectivity index (χ0n) is 13.4. The Morgan fingerprint density at radius 2 is 1.88 bits per heavy atom. The summed E-state index contributed by atoms with van der Waals surface area (Å²) >= 11 is 0. The summed E-state index contributed by atoms with van der Waals surface area (Å²) in [5.74, 6) is 0.109. The number of carbonyl (C=O) groups is 1. The van der Waals surface area contributed by atoms with E-state index in [1.165, 1.54) is 22.8 Å². The highest BCUT2D eigenvalue weighted by Crippen LogP contribution is 2.09. The van der Waals surface area contributed by atoms with Crippen molar-refractivity contribution >= 4 is 5.91 Å². The highest BCUT2D eigenvalue weighted by atomic mass is 19.1. The summed E-state index contributed by atoms with van der Waals surface area (Å²) in [4.78, 5) is 23.8. The molecular weight excluding hydrogens is 323 g/mol. The quantitative estimate of drug-likeness (QED) is 0.750. The first kappa shape index (κ1) is 16.7. The summed E-state index contributed by atoms with van der Waals surface area (Å²) < 4.78 is 19.8. The third kappa shape index (κ3) is 4.44. The van der Waals surface area contributed by atoms with E-state index >= 15 is 0 Å². The minimum Gasteiger partial charge on any atom is -0.454 e. The number of hydrogen-bond acceptors (Lipinski definition) is 3. The van der Waals surface area contributed by atoms with Gasteiger partial charge >= 0.3 is 0 Å². The van der Waals surface area contributed by atoms with Crippen LogP contribution in [0.1, 0.15) is 21.9 Å². The number of pyridine rings is 1. The third-order valence-electron chi connectivity index (χ3n) is 3.72. The van der Waals surface area contributed by atoms with Crippen LogP contribution in [0.3, 0.4) is 0 Å². The van der Waals surface area contributed by atoms with Crippen molar-refractivity contribution in [2.45, 2.75) is 13.0 Å². The molecule has 2 aromatic heterocycles. The van der Waals surface area contributed by atoms with E-state index in [-0.39, 0.29) is 29.6 Å². The van der Waals surface area contributed by atoms with E-state index in [0.717, 1.165) is 5.56 Å². The Kier molecular flexibility index (Phi) is 5.09. The van der Waals surface area contributed by atoms with E-state index in [4.69, 9.17) is 4.42 Å². The second-order valence-electron chi connectivity index (χ2n) is 5.57. The fraction of sp³-hybridized carbons (Fsp3) is 0.158. The lowest BCUT2D eigenvalue weighted by Gasteiger charge is -2.04. The largest absolute Gasteiger partial charge is 0.454 e. The van der Waals surface area contributed by atoms with Crippen molar-refractivity contribution in [3.05, 3.63) is 94.0 Å². The van der Waals surface area contributed by atoms with Crippen LogP contribution in [0.15, 0.2) is 70.0 Å². The zero-order valence-corrected chi connectivity index (χ0v) is 13.4. The summed E-state index contributed by atoms with van der Waals surface area (Å²) in [5.41, 5.74) is 0.800. The van der Waals surface area contributed by atoms with Crippen LogP contribution in [0.2, 0.25) is 0 Å². The molecule has 0 aliphatic carbocycles.